The molecule has 23 heavy (non-hydrogen) atoms. The lowest BCUT2D eigenvalue weighted by Crippen LogP contribution is -2.24. The molecule has 7 nitrogen and oxygen atoms in total. The minimum absolute atomic E-state index is 0.0655. The van der Waals surface area contributed by atoms with Gasteiger partial charge in [-0.25, -0.2) is 4.68 Å². The predicted molar refractivity (Wildman–Crippen MR) is 93.1 cm³/mol. The van der Waals surface area contributed by atoms with Crippen LogP contribution in [0.2, 0.25) is 0 Å². The highest BCUT2D eigenvalue weighted by molar-refractivity contribution is 8.02. The molecule has 0 bridgehead atoms. The highest BCUT2D eigenvalue weighted by atomic mass is 32.2. The third kappa shape index (κ3) is 4.23. The second-order valence-corrected chi connectivity index (χ2v) is 8.36. The van der Waals surface area contributed by atoms with Crippen molar-refractivity contribution in [1.82, 2.24) is 20.0 Å². The molecule has 0 saturated heterocycles. The van der Waals surface area contributed by atoms with Crippen molar-refractivity contribution in [2.75, 3.05) is 10.6 Å². The first-order valence-corrected chi connectivity index (χ1v) is 9.33. The molecule has 2 aromatic heterocycles. The van der Waals surface area contributed by atoms with Crippen LogP contribution in [0.1, 0.15) is 39.7 Å². The molecule has 1 unspecified atom stereocenters. The Morgan fingerprint density at radius 2 is 2.17 bits per heavy atom. The first-order chi connectivity index (χ1) is 11.0. The van der Waals surface area contributed by atoms with Gasteiger partial charge in [-0.2, -0.15) is 5.10 Å². The number of amides is 1. The molecule has 1 saturated carbocycles. The Kier molecular flexibility index (Phi) is 4.86. The summed E-state index contributed by atoms with van der Waals surface area (Å²) in [6.07, 6.45) is 4.09. The van der Waals surface area contributed by atoms with Crippen LogP contribution in [0.5, 0.6) is 0 Å². The van der Waals surface area contributed by atoms with E-state index in [1.165, 1.54) is 35.9 Å². The lowest BCUT2D eigenvalue weighted by atomic mass is 10.4. The summed E-state index contributed by atoms with van der Waals surface area (Å²) in [4.78, 5) is 12.4. The summed E-state index contributed by atoms with van der Waals surface area (Å²) in [5.74, 6) is 0.648. The quantitative estimate of drug-likeness (QED) is 0.745. The van der Waals surface area contributed by atoms with E-state index in [9.17, 15) is 4.79 Å². The van der Waals surface area contributed by atoms with Gasteiger partial charge in [0.1, 0.15) is 5.82 Å². The van der Waals surface area contributed by atoms with Crippen molar-refractivity contribution in [2.45, 2.75) is 55.3 Å². The predicted octanol–water partition coefficient (Wildman–Crippen LogP) is 3.01. The molecule has 124 valence electrons. The fourth-order valence-electron chi connectivity index (χ4n) is 1.98. The van der Waals surface area contributed by atoms with E-state index in [-0.39, 0.29) is 17.2 Å². The first-order valence-electron chi connectivity index (χ1n) is 7.64. The molecule has 1 amide bonds. The maximum Gasteiger partial charge on any atom is 0.238 e. The van der Waals surface area contributed by atoms with Gasteiger partial charge in [-0.05, 0) is 33.6 Å². The number of thioether (sulfide) groups is 1. The second-order valence-electron chi connectivity index (χ2n) is 5.80. The molecule has 0 radical (unpaired) electrons. The maximum atomic E-state index is 12.4. The minimum atomic E-state index is -0.257. The number of hydrogen-bond acceptors (Lipinski definition) is 7. The number of rotatable bonds is 7. The van der Waals surface area contributed by atoms with Crippen molar-refractivity contribution in [3.05, 3.63) is 12.3 Å². The Labute approximate surface area is 143 Å². The number of hydrogen-bond donors (Lipinski definition) is 2. The molecular weight excluding hydrogens is 332 g/mol. The molecule has 1 fully saturated rings. The molecule has 9 heteroatoms. The van der Waals surface area contributed by atoms with Crippen molar-refractivity contribution < 1.29 is 4.79 Å². The SMILES string of the molecule is CC(Sc1nnc(NC2CC2)s1)C(=O)Nc1ccnn1C(C)C. The molecule has 0 aromatic carbocycles. The van der Waals surface area contributed by atoms with E-state index in [1.807, 2.05) is 20.8 Å². The number of nitrogens with zero attached hydrogens (tertiary/aromatic N) is 4. The van der Waals surface area contributed by atoms with Crippen LogP contribution in [0.3, 0.4) is 0 Å². The summed E-state index contributed by atoms with van der Waals surface area (Å²) in [6.45, 7) is 5.92. The van der Waals surface area contributed by atoms with Crippen molar-refractivity contribution in [2.24, 2.45) is 0 Å². The molecule has 1 atom stereocenters. The molecule has 1 aliphatic carbocycles. The van der Waals surface area contributed by atoms with Crippen LogP contribution in [-0.2, 0) is 4.79 Å². The van der Waals surface area contributed by atoms with Crippen LogP contribution in [0.4, 0.5) is 10.9 Å². The first kappa shape index (κ1) is 16.3. The van der Waals surface area contributed by atoms with Gasteiger partial charge in [0.05, 0.1) is 11.4 Å². The van der Waals surface area contributed by atoms with E-state index in [1.54, 1.807) is 16.9 Å². The number of carbonyl (C=O) groups is 1. The highest BCUT2D eigenvalue weighted by Crippen LogP contribution is 2.32. The maximum absolute atomic E-state index is 12.4. The van der Waals surface area contributed by atoms with Gasteiger partial charge in [0.25, 0.3) is 0 Å². The average molecular weight is 352 g/mol. The van der Waals surface area contributed by atoms with Gasteiger partial charge in [-0.1, -0.05) is 23.1 Å². The zero-order chi connectivity index (χ0) is 16.4. The van der Waals surface area contributed by atoms with Gasteiger partial charge < -0.3 is 10.6 Å². The standard InChI is InChI=1S/C14H20N6OS2/c1-8(2)20-11(6-7-15-20)17-12(21)9(3)22-14-19-18-13(23-14)16-10-4-5-10/h6-10H,4-5H2,1-3H3,(H,16,18)(H,17,21). The van der Waals surface area contributed by atoms with E-state index < -0.39 is 0 Å². The lowest BCUT2D eigenvalue weighted by molar-refractivity contribution is -0.115. The molecule has 3 rings (SSSR count). The zero-order valence-corrected chi connectivity index (χ0v) is 14.9. The molecule has 1 aliphatic rings. The van der Waals surface area contributed by atoms with E-state index in [0.29, 0.717) is 11.9 Å². The Balaban J connectivity index is 1.56. The summed E-state index contributed by atoms with van der Waals surface area (Å²) in [7, 11) is 0. The van der Waals surface area contributed by atoms with Crippen molar-refractivity contribution >= 4 is 40.0 Å². The lowest BCUT2D eigenvalue weighted by Gasteiger charge is -2.14. The number of anilines is 2. The van der Waals surface area contributed by atoms with E-state index in [4.69, 9.17) is 0 Å². The van der Waals surface area contributed by atoms with Gasteiger partial charge in [0, 0.05) is 18.2 Å². The van der Waals surface area contributed by atoms with Crippen LogP contribution in [0.25, 0.3) is 0 Å². The fourth-order valence-corrected chi connectivity index (χ4v) is 3.95. The average Bonchev–Trinajstić information content (AvgIpc) is 3.00. The molecule has 0 aliphatic heterocycles. The molecule has 2 aromatic rings. The largest absolute Gasteiger partial charge is 0.357 e. The number of nitrogens with one attached hydrogen (secondary N) is 2. The Hall–Kier alpha value is -1.61. The summed E-state index contributed by atoms with van der Waals surface area (Å²) in [5, 5.41) is 19.3. The Morgan fingerprint density at radius 3 is 2.87 bits per heavy atom. The molecule has 2 N–H and O–H groups in total. The smallest absolute Gasteiger partial charge is 0.238 e. The number of carbonyl (C=O) groups excluding carboxylic acids is 1. The summed E-state index contributed by atoms with van der Waals surface area (Å²) < 4.78 is 2.59. The monoisotopic (exact) mass is 352 g/mol. The third-order valence-corrected chi connectivity index (χ3v) is 5.41. The van der Waals surface area contributed by atoms with Gasteiger partial charge in [-0.15, -0.1) is 10.2 Å². The van der Waals surface area contributed by atoms with E-state index in [2.05, 4.69) is 25.9 Å². The van der Waals surface area contributed by atoms with Crippen LogP contribution in [0, 0.1) is 0 Å². The van der Waals surface area contributed by atoms with E-state index >= 15 is 0 Å². The molecule has 2 heterocycles. The fraction of sp³-hybridized carbons (Fsp3) is 0.571. The topological polar surface area (TPSA) is 84.7 Å². The Bertz CT molecular complexity index is 678. The molecule has 0 spiro atoms. The van der Waals surface area contributed by atoms with Crippen LogP contribution < -0.4 is 10.6 Å². The summed E-state index contributed by atoms with van der Waals surface area (Å²) in [5.41, 5.74) is 0. The minimum Gasteiger partial charge on any atom is -0.357 e. The van der Waals surface area contributed by atoms with Gasteiger partial charge in [-0.3, -0.25) is 4.79 Å². The van der Waals surface area contributed by atoms with Gasteiger partial charge in [0.15, 0.2) is 4.34 Å². The van der Waals surface area contributed by atoms with Gasteiger partial charge in [0.2, 0.25) is 11.0 Å². The van der Waals surface area contributed by atoms with Crippen molar-refractivity contribution in [3.63, 3.8) is 0 Å². The Morgan fingerprint density at radius 1 is 1.39 bits per heavy atom. The molecular formula is C14H20N6OS2. The normalized spacial score (nSPS) is 15.7. The van der Waals surface area contributed by atoms with Crippen LogP contribution in [0.15, 0.2) is 16.6 Å². The van der Waals surface area contributed by atoms with E-state index in [0.717, 1.165) is 9.47 Å². The van der Waals surface area contributed by atoms with Gasteiger partial charge >= 0.3 is 0 Å². The summed E-state index contributed by atoms with van der Waals surface area (Å²) in [6, 6.07) is 2.55. The van der Waals surface area contributed by atoms with Crippen molar-refractivity contribution in [1.29, 1.82) is 0 Å². The van der Waals surface area contributed by atoms with Crippen molar-refractivity contribution in [3.8, 4) is 0 Å². The highest BCUT2D eigenvalue weighted by Gasteiger charge is 2.23. The number of aromatic nitrogens is 4. The summed E-state index contributed by atoms with van der Waals surface area (Å²) >= 11 is 2.91. The third-order valence-electron chi connectivity index (χ3n) is 3.37. The zero-order valence-electron chi connectivity index (χ0n) is 13.3. The second kappa shape index (κ2) is 6.88. The van der Waals surface area contributed by atoms with Crippen LogP contribution in [-0.4, -0.2) is 37.2 Å². The van der Waals surface area contributed by atoms with Crippen LogP contribution >= 0.6 is 23.1 Å².